The van der Waals surface area contributed by atoms with Gasteiger partial charge < -0.3 is 31.1 Å². The summed E-state index contributed by atoms with van der Waals surface area (Å²) in [5.74, 6) is 0.318. The van der Waals surface area contributed by atoms with Crippen LogP contribution in [-0.4, -0.2) is 55.4 Å². The van der Waals surface area contributed by atoms with Gasteiger partial charge in [0.25, 0.3) is 0 Å². The summed E-state index contributed by atoms with van der Waals surface area (Å²) in [6.07, 6.45) is -3.02. The summed E-state index contributed by atoms with van der Waals surface area (Å²) in [4.78, 5) is 10.7. The minimum absolute atomic E-state index is 0.0701. The normalized spacial score (nSPS) is 32.7. The van der Waals surface area contributed by atoms with Crippen LogP contribution >= 0.6 is 0 Å². The molecule has 0 spiro atoms. The fourth-order valence-corrected chi connectivity index (χ4v) is 2.53. The first-order valence-corrected chi connectivity index (χ1v) is 6.52. The number of nitrogens with two attached hydrogens (primary N) is 1. The maximum absolute atomic E-state index is 10.2. The highest BCUT2D eigenvalue weighted by atomic mass is 16.6. The standard InChI is InChI=1S/C11H14N8O4/c1-4-5-8(16-10(12)15-4)19(3-14-5)9-6(21)7(22)11(2-20,23-9)17-18-13/h3,6-7,9,20-22H,1-2H2,(H3,12,15,16)/t6-,7-,9+,11+/m0/s1. The molecular weight excluding hydrogens is 308 g/mol. The van der Waals surface area contributed by atoms with Gasteiger partial charge in [-0.15, -0.1) is 0 Å². The fraction of sp³-hybridized carbons (Fsp3) is 0.455. The molecule has 4 atom stereocenters. The molecule has 122 valence electrons. The van der Waals surface area contributed by atoms with Gasteiger partial charge in [0.1, 0.15) is 17.9 Å². The first kappa shape index (κ1) is 15.3. The number of hydrogen-bond acceptors (Lipinski definition) is 9. The topological polar surface area (TPSA) is 187 Å². The molecule has 12 nitrogen and oxygen atoms in total. The maximum Gasteiger partial charge on any atom is 0.200 e. The molecule has 6 N–H and O–H groups in total. The lowest BCUT2D eigenvalue weighted by atomic mass is 10.1. The quantitative estimate of drug-likeness (QED) is 0.258. The third-order valence-corrected chi connectivity index (χ3v) is 3.68. The van der Waals surface area contributed by atoms with Crippen molar-refractivity contribution in [3.05, 3.63) is 29.0 Å². The molecule has 3 heterocycles. The molecule has 0 saturated carbocycles. The molecule has 0 aromatic carbocycles. The van der Waals surface area contributed by atoms with Crippen molar-refractivity contribution in [3.8, 4) is 0 Å². The van der Waals surface area contributed by atoms with Crippen molar-refractivity contribution in [2.24, 2.45) is 15.8 Å². The highest BCUT2D eigenvalue weighted by Crippen LogP contribution is 2.41. The minimum atomic E-state index is -2.00. The summed E-state index contributed by atoms with van der Waals surface area (Å²) < 4.78 is 6.75. The Morgan fingerprint density at radius 3 is 3.00 bits per heavy atom. The van der Waals surface area contributed by atoms with Gasteiger partial charge >= 0.3 is 0 Å². The summed E-state index contributed by atoms with van der Waals surface area (Å²) in [7, 11) is 0. The molecule has 0 bridgehead atoms. The zero-order valence-corrected chi connectivity index (χ0v) is 11.7. The van der Waals surface area contributed by atoms with Crippen LogP contribution in [-0.2, 0) is 4.74 Å². The molecule has 0 amide bonds. The second kappa shape index (κ2) is 5.22. The van der Waals surface area contributed by atoms with E-state index in [-0.39, 0.29) is 11.8 Å². The number of fused-ring (bicyclic) bond motifs is 1. The molecule has 23 heavy (non-hydrogen) atoms. The zero-order chi connectivity index (χ0) is 16.8. The number of rotatable bonds is 3. The van der Waals surface area contributed by atoms with E-state index in [1.165, 1.54) is 10.9 Å². The lowest BCUT2D eigenvalue weighted by Gasteiger charge is -2.24. The van der Waals surface area contributed by atoms with Crippen molar-refractivity contribution in [2.45, 2.75) is 24.2 Å². The van der Waals surface area contributed by atoms with Crippen molar-refractivity contribution in [3.63, 3.8) is 0 Å². The summed E-state index contributed by atoms with van der Waals surface area (Å²) in [5, 5.41) is 35.7. The highest BCUT2D eigenvalue weighted by molar-refractivity contribution is 5.93. The van der Waals surface area contributed by atoms with Crippen LogP contribution in [0.3, 0.4) is 0 Å². The van der Waals surface area contributed by atoms with E-state index in [0.29, 0.717) is 11.4 Å². The number of ether oxygens (including phenoxy) is 1. The van der Waals surface area contributed by atoms with Gasteiger partial charge in [0, 0.05) is 4.91 Å². The average Bonchev–Trinajstić information content (AvgIpc) is 3.03. The molecule has 2 aliphatic rings. The minimum Gasteiger partial charge on any atom is -0.393 e. The Bertz CT molecular complexity index is 738. The maximum atomic E-state index is 10.2. The highest BCUT2D eigenvalue weighted by Gasteiger charge is 2.55. The second-order valence-electron chi connectivity index (χ2n) is 5.06. The predicted octanol–water partition coefficient (Wildman–Crippen LogP) is -1.35. The third-order valence-electron chi connectivity index (χ3n) is 3.68. The van der Waals surface area contributed by atoms with Crippen LogP contribution in [0.4, 0.5) is 5.82 Å². The van der Waals surface area contributed by atoms with Crippen molar-refractivity contribution >= 4 is 17.5 Å². The van der Waals surface area contributed by atoms with E-state index in [4.69, 9.17) is 16.0 Å². The Balaban J connectivity index is 2.05. The number of aliphatic hydroxyl groups excluding tert-OH is 3. The van der Waals surface area contributed by atoms with E-state index >= 15 is 0 Å². The van der Waals surface area contributed by atoms with Crippen molar-refractivity contribution < 1.29 is 20.1 Å². The van der Waals surface area contributed by atoms with E-state index in [0.717, 1.165) is 0 Å². The Morgan fingerprint density at radius 1 is 1.61 bits per heavy atom. The lowest BCUT2D eigenvalue weighted by Crippen LogP contribution is -2.44. The molecule has 2 aliphatic heterocycles. The number of guanidine groups is 1. The predicted molar refractivity (Wildman–Crippen MR) is 76.8 cm³/mol. The summed E-state index contributed by atoms with van der Waals surface area (Å²) >= 11 is 0. The monoisotopic (exact) mass is 322 g/mol. The molecule has 1 fully saturated rings. The fourth-order valence-electron chi connectivity index (χ4n) is 2.53. The molecule has 0 unspecified atom stereocenters. The molecule has 1 aromatic rings. The number of nitrogens with one attached hydrogen (secondary N) is 1. The number of imidazole rings is 1. The van der Waals surface area contributed by atoms with Gasteiger partial charge in [0.15, 0.2) is 18.0 Å². The molecule has 1 saturated heterocycles. The smallest absolute Gasteiger partial charge is 0.200 e. The lowest BCUT2D eigenvalue weighted by molar-refractivity contribution is -0.123. The molecular formula is C11H14N8O4. The van der Waals surface area contributed by atoms with Gasteiger partial charge in [0.2, 0.25) is 5.72 Å². The van der Waals surface area contributed by atoms with Gasteiger partial charge in [-0.05, 0) is 5.53 Å². The van der Waals surface area contributed by atoms with E-state index in [2.05, 4.69) is 31.9 Å². The first-order chi connectivity index (χ1) is 10.9. The van der Waals surface area contributed by atoms with E-state index in [1.54, 1.807) is 0 Å². The summed E-state index contributed by atoms with van der Waals surface area (Å²) in [6, 6.07) is 0. The van der Waals surface area contributed by atoms with Crippen LogP contribution in [0.15, 0.2) is 23.0 Å². The van der Waals surface area contributed by atoms with Gasteiger partial charge in [-0.3, -0.25) is 4.57 Å². The van der Waals surface area contributed by atoms with Crippen LogP contribution in [0.1, 0.15) is 11.9 Å². The zero-order valence-electron chi connectivity index (χ0n) is 11.7. The summed E-state index contributed by atoms with van der Waals surface area (Å²) in [5.41, 5.74) is 13.0. The Labute approximate surface area is 129 Å². The van der Waals surface area contributed by atoms with Crippen molar-refractivity contribution in [1.82, 2.24) is 14.9 Å². The van der Waals surface area contributed by atoms with Crippen LogP contribution < -0.4 is 11.1 Å². The SMILES string of the molecule is C=C1NC(N)=Nc2c1ncn2[C@@H]1O[C@@](CO)(N=[N+]=[N-])[C@@H](O)[C@@H]1O. The molecule has 0 radical (unpaired) electrons. The van der Waals surface area contributed by atoms with Crippen molar-refractivity contribution in [2.75, 3.05) is 6.61 Å². The number of hydrogen-bond donors (Lipinski definition) is 5. The van der Waals surface area contributed by atoms with Crippen molar-refractivity contribution in [1.29, 1.82) is 0 Å². The second-order valence-corrected chi connectivity index (χ2v) is 5.06. The van der Waals surface area contributed by atoms with E-state index in [9.17, 15) is 15.3 Å². The third kappa shape index (κ3) is 2.13. The van der Waals surface area contributed by atoms with Gasteiger partial charge in [-0.2, -0.15) is 4.99 Å². The van der Waals surface area contributed by atoms with E-state index < -0.39 is 30.8 Å². The van der Waals surface area contributed by atoms with Gasteiger partial charge in [-0.25, -0.2) is 4.98 Å². The number of nitrogens with zero attached hydrogens (tertiary/aromatic N) is 6. The van der Waals surface area contributed by atoms with E-state index in [1.807, 2.05) is 0 Å². The first-order valence-electron chi connectivity index (χ1n) is 6.52. The van der Waals surface area contributed by atoms with Crippen LogP contribution in [0.5, 0.6) is 0 Å². The molecule has 0 aliphatic carbocycles. The Hall–Kier alpha value is -2.63. The average molecular weight is 322 g/mol. The van der Waals surface area contributed by atoms with Crippen LogP contribution in [0, 0.1) is 0 Å². The Kier molecular flexibility index (Phi) is 3.47. The molecule has 3 rings (SSSR count). The molecule has 12 heteroatoms. The van der Waals surface area contributed by atoms with Crippen LogP contribution in [0.2, 0.25) is 0 Å². The van der Waals surface area contributed by atoms with Gasteiger partial charge in [0.05, 0.1) is 18.6 Å². The number of aromatic nitrogens is 2. The number of azide groups is 1. The largest absolute Gasteiger partial charge is 0.393 e. The van der Waals surface area contributed by atoms with Crippen LogP contribution in [0.25, 0.3) is 16.1 Å². The number of aliphatic imine (C=N–C) groups is 1. The number of aliphatic hydroxyl groups is 3. The summed E-state index contributed by atoms with van der Waals surface area (Å²) in [6.45, 7) is 2.93. The Morgan fingerprint density at radius 2 is 2.35 bits per heavy atom. The van der Waals surface area contributed by atoms with Gasteiger partial charge in [-0.1, -0.05) is 11.7 Å². The molecule has 1 aromatic heterocycles.